The molecule has 0 atom stereocenters. The monoisotopic (exact) mass is 712 g/mol. The van der Waals surface area contributed by atoms with Crippen molar-refractivity contribution in [3.05, 3.63) is 181 Å². The molecular formula is C49H32N2S2. The van der Waals surface area contributed by atoms with Crippen LogP contribution >= 0.6 is 22.7 Å². The Labute approximate surface area is 315 Å². The van der Waals surface area contributed by atoms with Gasteiger partial charge in [0.15, 0.2) is 0 Å². The second kappa shape index (κ2) is 11.9. The van der Waals surface area contributed by atoms with Crippen LogP contribution in [-0.4, -0.2) is 4.57 Å². The van der Waals surface area contributed by atoms with Crippen molar-refractivity contribution >= 4 is 102 Å². The van der Waals surface area contributed by atoms with Gasteiger partial charge >= 0.3 is 0 Å². The van der Waals surface area contributed by atoms with Gasteiger partial charge in [-0.05, 0) is 90.8 Å². The van der Waals surface area contributed by atoms with Crippen LogP contribution in [0, 0.1) is 6.92 Å². The van der Waals surface area contributed by atoms with E-state index in [1.807, 2.05) is 22.7 Å². The van der Waals surface area contributed by atoms with Crippen molar-refractivity contribution in [2.24, 2.45) is 0 Å². The molecule has 0 saturated heterocycles. The number of hydrogen-bond donors (Lipinski definition) is 0. The van der Waals surface area contributed by atoms with Crippen molar-refractivity contribution in [1.82, 2.24) is 4.57 Å². The highest BCUT2D eigenvalue weighted by molar-refractivity contribution is 7.26. The lowest BCUT2D eigenvalue weighted by molar-refractivity contribution is 1.18. The minimum Gasteiger partial charge on any atom is -0.310 e. The Balaban J connectivity index is 1.08. The van der Waals surface area contributed by atoms with Gasteiger partial charge in [-0.15, -0.1) is 22.7 Å². The van der Waals surface area contributed by atoms with E-state index >= 15 is 0 Å². The predicted molar refractivity (Wildman–Crippen MR) is 231 cm³/mol. The zero-order valence-corrected chi connectivity index (χ0v) is 30.6. The third kappa shape index (κ3) is 4.84. The maximum Gasteiger partial charge on any atom is 0.0561 e. The number of nitrogens with zero attached hydrogens (tertiary/aromatic N) is 2. The van der Waals surface area contributed by atoms with Gasteiger partial charge in [0, 0.05) is 73.9 Å². The number of fused-ring (bicyclic) bond motifs is 9. The van der Waals surface area contributed by atoms with Crippen molar-refractivity contribution in [3.63, 3.8) is 0 Å². The summed E-state index contributed by atoms with van der Waals surface area (Å²) < 4.78 is 7.75. The molecule has 11 rings (SSSR count). The van der Waals surface area contributed by atoms with E-state index in [1.165, 1.54) is 84.5 Å². The zero-order valence-electron chi connectivity index (χ0n) is 29.0. The van der Waals surface area contributed by atoms with Gasteiger partial charge < -0.3 is 9.47 Å². The van der Waals surface area contributed by atoms with Gasteiger partial charge in [-0.3, -0.25) is 0 Å². The summed E-state index contributed by atoms with van der Waals surface area (Å²) >= 11 is 3.74. The Bertz CT molecular complexity index is 3180. The van der Waals surface area contributed by atoms with Crippen molar-refractivity contribution in [2.75, 3.05) is 4.90 Å². The van der Waals surface area contributed by atoms with Crippen LogP contribution in [0.2, 0.25) is 0 Å². The van der Waals surface area contributed by atoms with Gasteiger partial charge in [0.25, 0.3) is 0 Å². The van der Waals surface area contributed by atoms with Crippen LogP contribution in [0.3, 0.4) is 0 Å². The third-order valence-corrected chi connectivity index (χ3v) is 13.0. The van der Waals surface area contributed by atoms with E-state index in [1.54, 1.807) is 0 Å². The maximum atomic E-state index is 2.45. The molecule has 0 bridgehead atoms. The lowest BCUT2D eigenvalue weighted by Crippen LogP contribution is -2.10. The topological polar surface area (TPSA) is 8.17 Å². The molecule has 8 aromatic carbocycles. The smallest absolute Gasteiger partial charge is 0.0561 e. The van der Waals surface area contributed by atoms with Crippen molar-refractivity contribution in [1.29, 1.82) is 0 Å². The minimum absolute atomic E-state index is 1.12. The number of anilines is 3. The maximum absolute atomic E-state index is 2.45. The molecule has 11 aromatic rings. The Morgan fingerprint density at radius 1 is 0.415 bits per heavy atom. The molecule has 3 aromatic heterocycles. The number of aromatic nitrogens is 1. The van der Waals surface area contributed by atoms with Gasteiger partial charge in [-0.1, -0.05) is 109 Å². The lowest BCUT2D eigenvalue weighted by atomic mass is 10.0. The first-order valence-corrected chi connectivity index (χ1v) is 19.6. The molecule has 0 unspecified atom stereocenters. The van der Waals surface area contributed by atoms with Crippen LogP contribution < -0.4 is 4.90 Å². The minimum atomic E-state index is 1.12. The predicted octanol–water partition coefficient (Wildman–Crippen LogP) is 15.0. The van der Waals surface area contributed by atoms with Crippen molar-refractivity contribution in [2.45, 2.75) is 6.92 Å². The van der Waals surface area contributed by atoms with E-state index in [0.29, 0.717) is 0 Å². The number of hydrogen-bond acceptors (Lipinski definition) is 3. The molecule has 0 aliphatic heterocycles. The Morgan fingerprint density at radius 2 is 1.02 bits per heavy atom. The quantitative estimate of drug-likeness (QED) is 0.172. The summed E-state index contributed by atoms with van der Waals surface area (Å²) in [5.41, 5.74) is 10.7. The zero-order chi connectivity index (χ0) is 35.0. The Morgan fingerprint density at radius 3 is 1.81 bits per heavy atom. The first-order chi connectivity index (χ1) is 26.2. The van der Waals surface area contributed by atoms with E-state index < -0.39 is 0 Å². The first-order valence-electron chi connectivity index (χ1n) is 18.0. The van der Waals surface area contributed by atoms with E-state index in [4.69, 9.17) is 0 Å². The molecule has 2 nitrogen and oxygen atoms in total. The van der Waals surface area contributed by atoms with Gasteiger partial charge in [0.2, 0.25) is 0 Å². The van der Waals surface area contributed by atoms with Crippen LogP contribution in [0.25, 0.3) is 79.0 Å². The molecule has 0 radical (unpaired) electrons. The molecular weight excluding hydrogens is 681 g/mol. The standard InChI is InChI=1S/C49H32N2S2/c1-31-17-21-33(22-18-31)50(34-23-19-32(20-24-34)37-12-8-13-42-40-10-3-7-16-47(40)53-49(37)42)36-25-27-39-38-9-2-5-14-44(38)51(45(39)30-36)35-26-28-48-43(29-35)41-11-4-6-15-46(41)52-48/h2-30H,1H3. The number of thiophene rings is 2. The highest BCUT2D eigenvalue weighted by Crippen LogP contribution is 2.43. The molecule has 0 aliphatic carbocycles. The fourth-order valence-corrected chi connectivity index (χ4v) is 10.5. The number of rotatable bonds is 5. The lowest BCUT2D eigenvalue weighted by Gasteiger charge is -2.26. The van der Waals surface area contributed by atoms with Crippen LogP contribution in [-0.2, 0) is 0 Å². The fraction of sp³-hybridized carbons (Fsp3) is 0.0204. The molecule has 0 amide bonds. The second-order valence-corrected chi connectivity index (χ2v) is 16.0. The van der Waals surface area contributed by atoms with Crippen molar-refractivity contribution < 1.29 is 0 Å². The summed E-state index contributed by atoms with van der Waals surface area (Å²) in [6.45, 7) is 2.15. The van der Waals surface area contributed by atoms with Crippen molar-refractivity contribution in [3.8, 4) is 16.8 Å². The van der Waals surface area contributed by atoms with Crippen LogP contribution in [0.1, 0.15) is 5.56 Å². The fourth-order valence-electron chi connectivity index (χ4n) is 8.13. The van der Waals surface area contributed by atoms with Gasteiger partial charge in [0.05, 0.1) is 11.0 Å². The molecule has 0 spiro atoms. The molecule has 4 heteroatoms. The summed E-state index contributed by atoms with van der Waals surface area (Å²) in [6, 6.07) is 64.9. The molecule has 0 fully saturated rings. The average molecular weight is 713 g/mol. The van der Waals surface area contributed by atoms with Gasteiger partial charge in [0.1, 0.15) is 0 Å². The largest absolute Gasteiger partial charge is 0.310 e. The molecule has 250 valence electrons. The normalized spacial score (nSPS) is 11.9. The van der Waals surface area contributed by atoms with Gasteiger partial charge in [-0.2, -0.15) is 0 Å². The molecule has 0 N–H and O–H groups in total. The molecule has 0 aliphatic rings. The van der Waals surface area contributed by atoms with Crippen LogP contribution in [0.15, 0.2) is 176 Å². The average Bonchev–Trinajstić information content (AvgIpc) is 3.88. The number of aryl methyl sites for hydroxylation is 1. The summed E-state index contributed by atoms with van der Waals surface area (Å²) in [4.78, 5) is 2.39. The first kappa shape index (κ1) is 30.4. The summed E-state index contributed by atoms with van der Waals surface area (Å²) in [7, 11) is 0. The second-order valence-electron chi connectivity index (χ2n) is 13.8. The van der Waals surface area contributed by atoms with E-state index in [2.05, 4.69) is 192 Å². The summed E-state index contributed by atoms with van der Waals surface area (Å²) in [6.07, 6.45) is 0. The molecule has 3 heterocycles. The van der Waals surface area contributed by atoms with E-state index in [0.717, 1.165) is 17.1 Å². The molecule has 53 heavy (non-hydrogen) atoms. The number of para-hydroxylation sites is 1. The van der Waals surface area contributed by atoms with Crippen LogP contribution in [0.4, 0.5) is 17.1 Å². The van der Waals surface area contributed by atoms with E-state index in [-0.39, 0.29) is 0 Å². The molecule has 0 saturated carbocycles. The Hall–Kier alpha value is -6.20. The number of benzene rings is 8. The highest BCUT2D eigenvalue weighted by Gasteiger charge is 2.19. The summed E-state index contributed by atoms with van der Waals surface area (Å²) in [5.74, 6) is 0. The third-order valence-electron chi connectivity index (χ3n) is 10.7. The van der Waals surface area contributed by atoms with E-state index in [9.17, 15) is 0 Å². The van der Waals surface area contributed by atoms with Gasteiger partial charge in [-0.25, -0.2) is 0 Å². The highest BCUT2D eigenvalue weighted by atomic mass is 32.1. The Kier molecular flexibility index (Phi) is 6.85. The summed E-state index contributed by atoms with van der Waals surface area (Å²) in [5, 5.41) is 7.77. The van der Waals surface area contributed by atoms with Crippen LogP contribution in [0.5, 0.6) is 0 Å². The SMILES string of the molecule is Cc1ccc(N(c2ccc(-c3cccc4c3sc3ccccc34)cc2)c2ccc3c4ccccc4n(-c4ccc5sc6ccccc6c5c4)c3c2)cc1.